The van der Waals surface area contributed by atoms with E-state index in [9.17, 15) is 31.5 Å². The van der Waals surface area contributed by atoms with E-state index in [1.54, 1.807) is 0 Å². The highest BCUT2D eigenvalue weighted by molar-refractivity contribution is 5.94. The zero-order chi connectivity index (χ0) is 25.0. The highest BCUT2D eigenvalue weighted by atomic mass is 19.4. The zero-order valence-corrected chi connectivity index (χ0v) is 19.4. The van der Waals surface area contributed by atoms with Crippen molar-refractivity contribution in [1.82, 2.24) is 15.5 Å². The van der Waals surface area contributed by atoms with Gasteiger partial charge in [0.2, 0.25) is 5.91 Å². The molecule has 1 aromatic rings. The van der Waals surface area contributed by atoms with E-state index in [4.69, 9.17) is 0 Å². The van der Waals surface area contributed by atoms with Crippen molar-refractivity contribution >= 4 is 11.8 Å². The van der Waals surface area contributed by atoms with Crippen LogP contribution in [0.5, 0.6) is 0 Å². The number of halogens is 5. The number of benzene rings is 1. The molecule has 1 aliphatic heterocycles. The maximum atomic E-state index is 13.6. The first kappa shape index (κ1) is 27.0. The normalized spacial score (nSPS) is 16.5. The van der Waals surface area contributed by atoms with Gasteiger partial charge in [-0.25, -0.2) is 8.78 Å². The van der Waals surface area contributed by atoms with Crippen LogP contribution in [0.2, 0.25) is 0 Å². The van der Waals surface area contributed by atoms with Crippen molar-refractivity contribution < 1.29 is 31.5 Å². The fourth-order valence-electron chi connectivity index (χ4n) is 3.57. The van der Waals surface area contributed by atoms with Gasteiger partial charge in [0.05, 0.1) is 12.1 Å². The Morgan fingerprint density at radius 3 is 2.09 bits per heavy atom. The summed E-state index contributed by atoms with van der Waals surface area (Å²) in [4.78, 5) is 26.6. The lowest BCUT2D eigenvalue weighted by Crippen LogP contribution is -2.49. The van der Waals surface area contributed by atoms with Crippen molar-refractivity contribution in [3.05, 3.63) is 34.9 Å². The second-order valence-electron chi connectivity index (χ2n) is 9.40. The van der Waals surface area contributed by atoms with Crippen molar-refractivity contribution in [1.29, 1.82) is 0 Å². The standard InChI is InChI=1S/C23H32F5N3O2/c1-5-21(2,3)30-19(32)14-31-8-6-15(7-9-31)13-29-20(33)16-10-17(22(4,24)25)12-18(11-16)23(26,27)28/h10-12,15H,5-9,13-14H2,1-4H3,(H,29,33)(H,30,32). The molecular weight excluding hydrogens is 445 g/mol. The Labute approximate surface area is 191 Å². The van der Waals surface area contributed by atoms with Gasteiger partial charge >= 0.3 is 6.18 Å². The average molecular weight is 478 g/mol. The molecule has 0 saturated carbocycles. The van der Waals surface area contributed by atoms with Crippen LogP contribution in [0.1, 0.15) is 68.4 Å². The monoisotopic (exact) mass is 477 g/mol. The summed E-state index contributed by atoms with van der Waals surface area (Å²) in [6.45, 7) is 8.18. The molecule has 33 heavy (non-hydrogen) atoms. The molecule has 0 aromatic heterocycles. The molecule has 0 aliphatic carbocycles. The summed E-state index contributed by atoms with van der Waals surface area (Å²) in [5, 5.41) is 5.55. The largest absolute Gasteiger partial charge is 0.416 e. The number of carbonyl (C=O) groups is 2. The molecule has 1 saturated heterocycles. The predicted octanol–water partition coefficient (Wildman–Crippen LogP) is 4.56. The van der Waals surface area contributed by atoms with Crippen LogP contribution in [0.15, 0.2) is 18.2 Å². The van der Waals surface area contributed by atoms with Crippen LogP contribution in [0.3, 0.4) is 0 Å². The summed E-state index contributed by atoms with van der Waals surface area (Å²) in [6, 6.07) is 1.75. The van der Waals surface area contributed by atoms with E-state index in [1.807, 2.05) is 25.7 Å². The second-order valence-corrected chi connectivity index (χ2v) is 9.40. The van der Waals surface area contributed by atoms with Crippen LogP contribution in [0, 0.1) is 5.92 Å². The molecule has 1 aromatic carbocycles. The van der Waals surface area contributed by atoms with Gasteiger partial charge in [0, 0.05) is 30.1 Å². The molecule has 0 bridgehead atoms. The summed E-state index contributed by atoms with van der Waals surface area (Å²) in [6.07, 6.45) is -2.64. The minimum absolute atomic E-state index is 0.0540. The number of hydrogen-bond donors (Lipinski definition) is 2. The van der Waals surface area contributed by atoms with Gasteiger partial charge in [-0.2, -0.15) is 13.2 Å². The fourth-order valence-corrected chi connectivity index (χ4v) is 3.57. The van der Waals surface area contributed by atoms with Gasteiger partial charge < -0.3 is 10.6 Å². The van der Waals surface area contributed by atoms with Gasteiger partial charge in [0.1, 0.15) is 0 Å². The molecule has 5 nitrogen and oxygen atoms in total. The van der Waals surface area contributed by atoms with E-state index in [2.05, 4.69) is 10.6 Å². The van der Waals surface area contributed by atoms with Crippen molar-refractivity contribution in [2.24, 2.45) is 5.92 Å². The number of likely N-dealkylation sites (tertiary alicyclic amines) is 1. The molecule has 2 rings (SSSR count). The van der Waals surface area contributed by atoms with E-state index < -0.39 is 34.7 Å². The molecule has 0 atom stereocenters. The molecule has 0 unspecified atom stereocenters. The number of piperidine rings is 1. The van der Waals surface area contributed by atoms with E-state index in [0.29, 0.717) is 45.0 Å². The van der Waals surface area contributed by atoms with Crippen molar-refractivity contribution in [2.45, 2.75) is 64.6 Å². The quantitative estimate of drug-likeness (QED) is 0.540. The predicted molar refractivity (Wildman–Crippen MR) is 115 cm³/mol. The third-order valence-corrected chi connectivity index (χ3v) is 6.02. The smallest absolute Gasteiger partial charge is 0.352 e. The molecule has 2 amide bonds. The Morgan fingerprint density at radius 1 is 1.00 bits per heavy atom. The minimum atomic E-state index is -4.85. The van der Waals surface area contributed by atoms with Crippen LogP contribution < -0.4 is 10.6 Å². The molecule has 0 radical (unpaired) electrons. The average Bonchev–Trinajstić information content (AvgIpc) is 2.71. The van der Waals surface area contributed by atoms with Gasteiger partial charge in [-0.15, -0.1) is 0 Å². The third kappa shape index (κ3) is 8.24. The van der Waals surface area contributed by atoms with E-state index in [0.717, 1.165) is 12.5 Å². The van der Waals surface area contributed by atoms with Crippen molar-refractivity contribution in [3.8, 4) is 0 Å². The Morgan fingerprint density at radius 2 is 1.58 bits per heavy atom. The molecule has 0 spiro atoms. The molecule has 1 aliphatic rings. The van der Waals surface area contributed by atoms with E-state index in [-0.39, 0.29) is 30.5 Å². The lowest BCUT2D eigenvalue weighted by molar-refractivity contribution is -0.137. The van der Waals surface area contributed by atoms with Crippen LogP contribution in [0.4, 0.5) is 22.0 Å². The summed E-state index contributed by atoms with van der Waals surface area (Å²) >= 11 is 0. The maximum Gasteiger partial charge on any atom is 0.416 e. The second kappa shape index (κ2) is 10.4. The Kier molecular flexibility index (Phi) is 8.48. The van der Waals surface area contributed by atoms with Crippen LogP contribution >= 0.6 is 0 Å². The lowest BCUT2D eigenvalue weighted by atomic mass is 9.96. The molecule has 1 heterocycles. The number of carbonyl (C=O) groups excluding carboxylic acids is 2. The number of rotatable bonds is 8. The number of nitrogens with zero attached hydrogens (tertiary/aromatic N) is 1. The molecular formula is C23H32F5N3O2. The Hall–Kier alpha value is -2.23. The highest BCUT2D eigenvalue weighted by Gasteiger charge is 2.35. The topological polar surface area (TPSA) is 61.4 Å². The van der Waals surface area contributed by atoms with Crippen molar-refractivity contribution in [3.63, 3.8) is 0 Å². The summed E-state index contributed by atoms with van der Waals surface area (Å²) in [7, 11) is 0. The Balaban J connectivity index is 1.91. The first-order valence-electron chi connectivity index (χ1n) is 11.0. The molecule has 2 N–H and O–H groups in total. The highest BCUT2D eigenvalue weighted by Crippen LogP contribution is 2.35. The summed E-state index contributed by atoms with van der Waals surface area (Å²) in [5.41, 5.74) is -2.87. The van der Waals surface area contributed by atoms with E-state index in [1.165, 1.54) is 0 Å². The Bertz CT molecular complexity index is 809. The molecule has 10 heteroatoms. The van der Waals surface area contributed by atoms with Gasteiger partial charge in [-0.1, -0.05) is 6.92 Å². The summed E-state index contributed by atoms with van der Waals surface area (Å²) < 4.78 is 66.6. The molecule has 1 fully saturated rings. The van der Waals surface area contributed by atoms with Crippen LogP contribution in [-0.2, 0) is 16.9 Å². The van der Waals surface area contributed by atoms with E-state index >= 15 is 0 Å². The maximum absolute atomic E-state index is 13.6. The first-order chi connectivity index (χ1) is 15.1. The zero-order valence-electron chi connectivity index (χ0n) is 19.4. The van der Waals surface area contributed by atoms with Gasteiger partial charge in [0.25, 0.3) is 11.8 Å². The first-order valence-corrected chi connectivity index (χ1v) is 11.0. The van der Waals surface area contributed by atoms with Gasteiger partial charge in [0.15, 0.2) is 0 Å². The number of hydrogen-bond acceptors (Lipinski definition) is 3. The number of nitrogens with one attached hydrogen (secondary N) is 2. The van der Waals surface area contributed by atoms with Gasteiger partial charge in [-0.3, -0.25) is 14.5 Å². The number of alkyl halides is 5. The third-order valence-electron chi connectivity index (χ3n) is 6.02. The van der Waals surface area contributed by atoms with Crippen LogP contribution in [0.25, 0.3) is 0 Å². The lowest BCUT2D eigenvalue weighted by Gasteiger charge is -2.33. The minimum Gasteiger partial charge on any atom is -0.352 e. The van der Waals surface area contributed by atoms with Crippen molar-refractivity contribution in [2.75, 3.05) is 26.2 Å². The SMILES string of the molecule is CCC(C)(C)NC(=O)CN1CCC(CNC(=O)c2cc(C(C)(F)F)cc(C(F)(F)F)c2)CC1. The number of amides is 2. The van der Waals surface area contributed by atoms with Gasteiger partial charge in [-0.05, 0) is 70.3 Å². The fraction of sp³-hybridized carbons (Fsp3) is 0.652. The van der Waals surface area contributed by atoms with Crippen LogP contribution in [-0.4, -0.2) is 48.4 Å². The summed E-state index contributed by atoms with van der Waals surface area (Å²) in [5.74, 6) is -4.31. The molecule has 186 valence electrons.